The smallest absolute Gasteiger partial charge is 0.309 e. The van der Waals surface area contributed by atoms with E-state index in [4.69, 9.17) is 4.74 Å². The van der Waals surface area contributed by atoms with Crippen LogP contribution in [-0.2, 0) is 28.8 Å². The Morgan fingerprint density at radius 1 is 1.29 bits per heavy atom. The molecule has 1 aromatic carbocycles. The third-order valence-corrected chi connectivity index (χ3v) is 3.56. The molecule has 0 radical (unpaired) electrons. The summed E-state index contributed by atoms with van der Waals surface area (Å²) in [6.45, 7) is 6.66. The van der Waals surface area contributed by atoms with Gasteiger partial charge in [-0.05, 0) is 47.4 Å². The molecule has 0 saturated heterocycles. The molecule has 1 aliphatic rings. The van der Waals surface area contributed by atoms with Crippen molar-refractivity contribution in [3.63, 3.8) is 0 Å². The molecule has 0 atom stereocenters. The van der Waals surface area contributed by atoms with Crippen LogP contribution in [0.3, 0.4) is 0 Å². The molecular formula is C15H20O2. The highest BCUT2D eigenvalue weighted by atomic mass is 16.5. The summed E-state index contributed by atoms with van der Waals surface area (Å²) in [5, 5.41) is 0. The van der Waals surface area contributed by atoms with Crippen LogP contribution >= 0.6 is 0 Å². The monoisotopic (exact) mass is 232 g/mol. The zero-order valence-corrected chi connectivity index (χ0v) is 11.1. The van der Waals surface area contributed by atoms with Crippen LogP contribution in [0.25, 0.3) is 0 Å². The van der Waals surface area contributed by atoms with E-state index in [1.54, 1.807) is 0 Å². The molecule has 2 heteroatoms. The van der Waals surface area contributed by atoms with E-state index in [1.807, 2.05) is 0 Å². The zero-order valence-electron chi connectivity index (χ0n) is 11.1. The van der Waals surface area contributed by atoms with Crippen LogP contribution in [0.2, 0.25) is 0 Å². The Morgan fingerprint density at radius 2 is 1.88 bits per heavy atom. The summed E-state index contributed by atoms with van der Waals surface area (Å²) in [6.07, 6.45) is 2.63. The van der Waals surface area contributed by atoms with Crippen molar-refractivity contribution in [2.24, 2.45) is 5.41 Å². The Labute approximate surface area is 103 Å². The average Bonchev–Trinajstić information content (AvgIpc) is 2.51. The normalized spacial score (nSPS) is 16.7. The van der Waals surface area contributed by atoms with Crippen molar-refractivity contribution in [2.45, 2.75) is 40.0 Å². The third-order valence-electron chi connectivity index (χ3n) is 3.56. The molecule has 17 heavy (non-hydrogen) atoms. The number of benzene rings is 1. The van der Waals surface area contributed by atoms with Gasteiger partial charge in [0.15, 0.2) is 0 Å². The van der Waals surface area contributed by atoms with Gasteiger partial charge in [0.25, 0.3) is 0 Å². The zero-order chi connectivity index (χ0) is 12.6. The molecule has 2 nitrogen and oxygen atoms in total. The highest BCUT2D eigenvalue weighted by Gasteiger charge is 2.28. The fourth-order valence-corrected chi connectivity index (χ4v) is 2.70. The Balaban J connectivity index is 2.30. The fraction of sp³-hybridized carbons (Fsp3) is 0.533. The second-order valence-corrected chi connectivity index (χ2v) is 5.82. The van der Waals surface area contributed by atoms with Gasteiger partial charge in [0.05, 0.1) is 13.5 Å². The SMILES string of the molecule is COC(=O)Cc1cc2c(cc1C)CC(C)(C)C2. The minimum Gasteiger partial charge on any atom is -0.469 e. The standard InChI is InChI=1S/C15H20O2/c1-10-5-12-8-15(2,3)9-13(12)6-11(10)7-14(16)17-4/h5-6H,7-9H2,1-4H3. The molecule has 0 saturated carbocycles. The summed E-state index contributed by atoms with van der Waals surface area (Å²) < 4.78 is 4.73. The summed E-state index contributed by atoms with van der Waals surface area (Å²) in [5.41, 5.74) is 5.51. The number of fused-ring (bicyclic) bond motifs is 1. The molecule has 1 aromatic rings. The number of carbonyl (C=O) groups is 1. The number of carbonyl (C=O) groups excluding carboxylic acids is 1. The largest absolute Gasteiger partial charge is 0.469 e. The lowest BCUT2D eigenvalue weighted by molar-refractivity contribution is -0.139. The number of rotatable bonds is 2. The summed E-state index contributed by atoms with van der Waals surface area (Å²) in [5.74, 6) is -0.162. The van der Waals surface area contributed by atoms with Gasteiger partial charge in [-0.3, -0.25) is 4.79 Å². The molecular weight excluding hydrogens is 212 g/mol. The van der Waals surface area contributed by atoms with Gasteiger partial charge in [0, 0.05) is 0 Å². The lowest BCUT2D eigenvalue weighted by Crippen LogP contribution is -2.09. The molecule has 92 valence electrons. The highest BCUT2D eigenvalue weighted by Crippen LogP contribution is 2.37. The van der Waals surface area contributed by atoms with Crippen molar-refractivity contribution in [2.75, 3.05) is 7.11 Å². The van der Waals surface area contributed by atoms with Crippen molar-refractivity contribution < 1.29 is 9.53 Å². The predicted molar refractivity (Wildman–Crippen MR) is 68.1 cm³/mol. The molecule has 0 fully saturated rings. The van der Waals surface area contributed by atoms with Crippen LogP contribution in [0.15, 0.2) is 12.1 Å². The van der Waals surface area contributed by atoms with Gasteiger partial charge in [0.1, 0.15) is 0 Å². The Kier molecular flexibility index (Phi) is 2.98. The van der Waals surface area contributed by atoms with Gasteiger partial charge in [-0.15, -0.1) is 0 Å². The predicted octanol–water partition coefficient (Wildman–Crippen LogP) is 2.84. The van der Waals surface area contributed by atoms with Crippen LogP contribution in [0.5, 0.6) is 0 Å². The Morgan fingerprint density at radius 3 is 2.47 bits per heavy atom. The van der Waals surface area contributed by atoms with E-state index < -0.39 is 0 Å². The second kappa shape index (κ2) is 4.17. The molecule has 0 heterocycles. The average molecular weight is 232 g/mol. The van der Waals surface area contributed by atoms with E-state index in [1.165, 1.54) is 23.8 Å². The van der Waals surface area contributed by atoms with Crippen molar-refractivity contribution >= 4 is 5.97 Å². The van der Waals surface area contributed by atoms with Crippen LogP contribution in [-0.4, -0.2) is 13.1 Å². The van der Waals surface area contributed by atoms with Crippen molar-refractivity contribution in [3.05, 3.63) is 34.4 Å². The summed E-state index contributed by atoms with van der Waals surface area (Å²) in [4.78, 5) is 11.3. The van der Waals surface area contributed by atoms with Gasteiger partial charge >= 0.3 is 5.97 Å². The first-order valence-electron chi connectivity index (χ1n) is 6.09. The van der Waals surface area contributed by atoms with E-state index in [2.05, 4.69) is 32.9 Å². The maximum absolute atomic E-state index is 11.3. The quantitative estimate of drug-likeness (QED) is 0.733. The van der Waals surface area contributed by atoms with Crippen molar-refractivity contribution in [3.8, 4) is 0 Å². The Bertz CT molecular complexity index is 458. The van der Waals surface area contributed by atoms with Gasteiger partial charge in [-0.2, -0.15) is 0 Å². The summed E-state index contributed by atoms with van der Waals surface area (Å²) in [7, 11) is 1.44. The minimum absolute atomic E-state index is 0.162. The third kappa shape index (κ3) is 2.51. The lowest BCUT2D eigenvalue weighted by Gasteiger charge is -2.14. The maximum Gasteiger partial charge on any atom is 0.309 e. The minimum atomic E-state index is -0.162. The van der Waals surface area contributed by atoms with Gasteiger partial charge in [0.2, 0.25) is 0 Å². The number of aryl methyl sites for hydroxylation is 1. The van der Waals surface area contributed by atoms with Crippen molar-refractivity contribution in [1.82, 2.24) is 0 Å². The number of methoxy groups -OCH3 is 1. The van der Waals surface area contributed by atoms with Crippen LogP contribution in [0.1, 0.15) is 36.1 Å². The van der Waals surface area contributed by atoms with E-state index in [0.717, 1.165) is 18.4 Å². The van der Waals surface area contributed by atoms with Gasteiger partial charge in [-0.25, -0.2) is 0 Å². The molecule has 0 spiro atoms. The molecule has 1 aliphatic carbocycles. The number of ether oxygens (including phenoxy) is 1. The summed E-state index contributed by atoms with van der Waals surface area (Å²) >= 11 is 0. The number of hydrogen-bond donors (Lipinski definition) is 0. The van der Waals surface area contributed by atoms with Crippen LogP contribution < -0.4 is 0 Å². The maximum atomic E-state index is 11.3. The first kappa shape index (κ1) is 12.2. The topological polar surface area (TPSA) is 26.3 Å². The van der Waals surface area contributed by atoms with Gasteiger partial charge < -0.3 is 4.74 Å². The summed E-state index contributed by atoms with van der Waals surface area (Å²) in [6, 6.07) is 4.43. The first-order valence-corrected chi connectivity index (χ1v) is 6.09. The molecule has 0 aliphatic heterocycles. The van der Waals surface area contributed by atoms with Crippen LogP contribution in [0.4, 0.5) is 0 Å². The number of esters is 1. The fourth-order valence-electron chi connectivity index (χ4n) is 2.70. The molecule has 0 unspecified atom stereocenters. The number of hydrogen-bond acceptors (Lipinski definition) is 2. The first-order chi connectivity index (χ1) is 7.91. The molecule has 2 rings (SSSR count). The second-order valence-electron chi connectivity index (χ2n) is 5.82. The van der Waals surface area contributed by atoms with E-state index in [-0.39, 0.29) is 5.97 Å². The molecule has 0 aromatic heterocycles. The Hall–Kier alpha value is -1.31. The van der Waals surface area contributed by atoms with Crippen molar-refractivity contribution in [1.29, 1.82) is 0 Å². The molecule has 0 N–H and O–H groups in total. The van der Waals surface area contributed by atoms with E-state index in [0.29, 0.717) is 11.8 Å². The lowest BCUT2D eigenvalue weighted by atomic mass is 9.90. The van der Waals surface area contributed by atoms with Crippen LogP contribution in [0, 0.1) is 12.3 Å². The van der Waals surface area contributed by atoms with Gasteiger partial charge in [-0.1, -0.05) is 26.0 Å². The van der Waals surface area contributed by atoms with E-state index in [9.17, 15) is 4.79 Å². The highest BCUT2D eigenvalue weighted by molar-refractivity contribution is 5.73. The molecule has 0 bridgehead atoms. The molecule has 0 amide bonds. The van der Waals surface area contributed by atoms with E-state index >= 15 is 0 Å².